The van der Waals surface area contributed by atoms with Crippen molar-refractivity contribution in [2.24, 2.45) is 0 Å². The Hall–Kier alpha value is -3.20. The molecule has 1 rings (SSSR count). The number of hydrogen-bond acceptors (Lipinski definition) is 7. The summed E-state index contributed by atoms with van der Waals surface area (Å²) in [6, 6.07) is 3.01. The predicted octanol–water partition coefficient (Wildman–Crippen LogP) is 2.07. The Morgan fingerprint density at radius 3 is 2.00 bits per heavy atom. The number of carboxylic acids is 2. The number of carbonyl (C=O) groups is 4. The van der Waals surface area contributed by atoms with Crippen LogP contribution in [0.3, 0.4) is 0 Å². The van der Waals surface area contributed by atoms with Crippen LogP contribution >= 0.6 is 0 Å². The summed E-state index contributed by atoms with van der Waals surface area (Å²) < 4.78 is 15.0. The number of benzene rings is 1. The van der Waals surface area contributed by atoms with Crippen molar-refractivity contribution in [3.63, 3.8) is 0 Å². The molecule has 0 bridgehead atoms. The molecular formula is C17H18O9. The summed E-state index contributed by atoms with van der Waals surface area (Å²) in [6.45, 7) is 7.65. The summed E-state index contributed by atoms with van der Waals surface area (Å²) in [5, 5.41) is 18.0. The van der Waals surface area contributed by atoms with Crippen molar-refractivity contribution < 1.29 is 43.6 Å². The summed E-state index contributed by atoms with van der Waals surface area (Å²) in [7, 11) is 0. The highest BCUT2D eigenvalue weighted by Gasteiger charge is 2.21. The minimum Gasteiger partial charge on any atom is -0.478 e. The van der Waals surface area contributed by atoms with Gasteiger partial charge in [0.2, 0.25) is 12.6 Å². The Kier molecular flexibility index (Phi) is 7.03. The highest BCUT2D eigenvalue weighted by molar-refractivity contribution is 6.03. The number of ether oxygens (including phenoxy) is 3. The summed E-state index contributed by atoms with van der Waals surface area (Å²) in [5.74, 6) is -4.55. The molecule has 2 N–H and O–H groups in total. The van der Waals surface area contributed by atoms with Gasteiger partial charge in [0.1, 0.15) is 0 Å². The Morgan fingerprint density at radius 2 is 1.50 bits per heavy atom. The van der Waals surface area contributed by atoms with E-state index in [4.69, 9.17) is 24.4 Å². The lowest BCUT2D eigenvalue weighted by Crippen LogP contribution is -2.27. The fourth-order valence-corrected chi connectivity index (χ4v) is 1.83. The molecule has 9 heteroatoms. The molecule has 0 amide bonds. The van der Waals surface area contributed by atoms with E-state index in [1.54, 1.807) is 0 Å². The number of carboxylic acid groups (broad SMARTS) is 2. The van der Waals surface area contributed by atoms with E-state index in [9.17, 15) is 19.2 Å². The molecule has 26 heavy (non-hydrogen) atoms. The average molecular weight is 366 g/mol. The molecule has 1 aromatic carbocycles. The van der Waals surface area contributed by atoms with Gasteiger partial charge in [-0.15, -0.1) is 0 Å². The lowest BCUT2D eigenvalue weighted by molar-refractivity contribution is -0.212. The zero-order chi connectivity index (χ0) is 20.0. The van der Waals surface area contributed by atoms with Crippen LogP contribution in [0.5, 0.6) is 0 Å². The Morgan fingerprint density at radius 1 is 0.962 bits per heavy atom. The first-order chi connectivity index (χ1) is 12.0. The van der Waals surface area contributed by atoms with Crippen LogP contribution in [0.2, 0.25) is 0 Å². The Bertz CT molecular complexity index is 751. The van der Waals surface area contributed by atoms with Crippen LogP contribution in [0, 0.1) is 0 Å². The van der Waals surface area contributed by atoms with Crippen molar-refractivity contribution in [1.82, 2.24) is 0 Å². The lowest BCUT2D eigenvalue weighted by Gasteiger charge is -2.19. The fraction of sp³-hybridized carbons (Fsp3) is 0.294. The van der Waals surface area contributed by atoms with E-state index < -0.39 is 47.6 Å². The predicted molar refractivity (Wildman–Crippen MR) is 86.7 cm³/mol. The summed E-state index contributed by atoms with van der Waals surface area (Å²) in [4.78, 5) is 45.5. The quantitative estimate of drug-likeness (QED) is 0.402. The Labute approximate surface area is 148 Å². The topological polar surface area (TPSA) is 136 Å². The third-order valence-electron chi connectivity index (χ3n) is 2.99. The molecule has 9 nitrogen and oxygen atoms in total. The van der Waals surface area contributed by atoms with E-state index >= 15 is 0 Å². The van der Waals surface area contributed by atoms with Gasteiger partial charge in [-0.3, -0.25) is 0 Å². The first-order valence-corrected chi connectivity index (χ1v) is 7.36. The van der Waals surface area contributed by atoms with E-state index in [1.165, 1.54) is 20.8 Å². The van der Waals surface area contributed by atoms with Crippen molar-refractivity contribution in [2.75, 3.05) is 0 Å². The summed E-state index contributed by atoms with van der Waals surface area (Å²) in [5.41, 5.74) is -1.01. The first-order valence-electron chi connectivity index (χ1n) is 7.36. The van der Waals surface area contributed by atoms with Gasteiger partial charge in [-0.2, -0.15) is 0 Å². The molecule has 0 fully saturated rings. The molecule has 0 saturated heterocycles. The van der Waals surface area contributed by atoms with Gasteiger partial charge >= 0.3 is 23.9 Å². The number of rotatable bonds is 8. The van der Waals surface area contributed by atoms with Gasteiger partial charge in [0.05, 0.1) is 16.7 Å². The largest absolute Gasteiger partial charge is 0.478 e. The van der Waals surface area contributed by atoms with Crippen LogP contribution in [0.1, 0.15) is 51.8 Å². The first kappa shape index (κ1) is 20.8. The number of hydrogen-bond donors (Lipinski definition) is 2. The van der Waals surface area contributed by atoms with Crippen molar-refractivity contribution in [3.8, 4) is 0 Å². The van der Waals surface area contributed by atoms with Crippen LogP contribution < -0.4 is 0 Å². The minimum absolute atomic E-state index is 0.171. The second-order valence-electron chi connectivity index (χ2n) is 5.23. The lowest BCUT2D eigenvalue weighted by atomic mass is 10.0. The van der Waals surface area contributed by atoms with Crippen LogP contribution in [0.4, 0.5) is 0 Å². The number of carbonyl (C=O) groups excluding carboxylic acids is 2. The second kappa shape index (κ2) is 8.77. The van der Waals surface area contributed by atoms with Crippen LogP contribution in [0.15, 0.2) is 30.4 Å². The molecule has 0 radical (unpaired) electrons. The van der Waals surface area contributed by atoms with Crippen molar-refractivity contribution >= 4 is 23.9 Å². The zero-order valence-corrected chi connectivity index (χ0v) is 14.3. The molecular weight excluding hydrogens is 348 g/mol. The molecule has 0 aliphatic carbocycles. The Balaban J connectivity index is 2.79. The maximum Gasteiger partial charge on any atom is 0.340 e. The maximum absolute atomic E-state index is 12.1. The molecule has 140 valence electrons. The molecule has 0 aliphatic heterocycles. The van der Waals surface area contributed by atoms with Gasteiger partial charge < -0.3 is 24.4 Å². The van der Waals surface area contributed by atoms with Crippen molar-refractivity contribution in [2.45, 2.75) is 33.4 Å². The monoisotopic (exact) mass is 366 g/mol. The van der Waals surface area contributed by atoms with Gasteiger partial charge in [-0.05, 0) is 39.0 Å². The number of esters is 2. The van der Waals surface area contributed by atoms with Crippen molar-refractivity contribution in [1.29, 1.82) is 0 Å². The van der Waals surface area contributed by atoms with Gasteiger partial charge in [0.15, 0.2) is 0 Å². The third-order valence-corrected chi connectivity index (χ3v) is 2.99. The van der Waals surface area contributed by atoms with E-state index in [2.05, 4.69) is 6.58 Å². The average Bonchev–Trinajstić information content (AvgIpc) is 2.53. The van der Waals surface area contributed by atoms with E-state index in [-0.39, 0.29) is 11.1 Å². The van der Waals surface area contributed by atoms with Gasteiger partial charge in [0, 0.05) is 5.57 Å². The van der Waals surface area contributed by atoms with Gasteiger partial charge in [-0.25, -0.2) is 19.2 Å². The highest BCUT2D eigenvalue weighted by atomic mass is 16.8. The molecule has 2 atom stereocenters. The second-order valence-corrected chi connectivity index (χ2v) is 5.23. The standard InChI is InChI=1S/C17H18O9/c1-8(2)16(22)25-9(3)24-10(4)26-17(23)11-5-6-12(14(18)19)13(7-11)15(20)21/h5-7,9-10H,1H2,2-4H3,(H,18,19)(H,20,21). The molecule has 0 aromatic heterocycles. The maximum atomic E-state index is 12.1. The smallest absolute Gasteiger partial charge is 0.340 e. The molecule has 0 saturated carbocycles. The SMILES string of the molecule is C=C(C)C(=O)OC(C)OC(C)OC(=O)c1ccc(C(=O)O)c(C(=O)O)c1. The van der Waals surface area contributed by atoms with E-state index in [0.717, 1.165) is 18.2 Å². The highest BCUT2D eigenvalue weighted by Crippen LogP contribution is 2.15. The molecule has 0 heterocycles. The summed E-state index contributed by atoms with van der Waals surface area (Å²) in [6.07, 6.45) is -2.14. The third kappa shape index (κ3) is 5.71. The van der Waals surface area contributed by atoms with E-state index in [0.29, 0.717) is 0 Å². The van der Waals surface area contributed by atoms with Crippen LogP contribution in [-0.2, 0) is 19.0 Å². The molecule has 0 spiro atoms. The normalized spacial score (nSPS) is 12.6. The van der Waals surface area contributed by atoms with Crippen LogP contribution in [0.25, 0.3) is 0 Å². The van der Waals surface area contributed by atoms with Crippen LogP contribution in [-0.4, -0.2) is 46.7 Å². The van der Waals surface area contributed by atoms with Gasteiger partial charge in [-0.1, -0.05) is 6.58 Å². The number of aromatic carboxylic acids is 2. The molecule has 0 aliphatic rings. The zero-order valence-electron chi connectivity index (χ0n) is 14.3. The molecule has 1 aromatic rings. The van der Waals surface area contributed by atoms with Crippen molar-refractivity contribution in [3.05, 3.63) is 47.0 Å². The summed E-state index contributed by atoms with van der Waals surface area (Å²) >= 11 is 0. The molecule has 2 unspecified atom stereocenters. The van der Waals surface area contributed by atoms with E-state index in [1.807, 2.05) is 0 Å². The minimum atomic E-state index is -1.50. The fourth-order valence-electron chi connectivity index (χ4n) is 1.83. The van der Waals surface area contributed by atoms with Gasteiger partial charge in [0.25, 0.3) is 0 Å².